The number of nitriles is 1. The lowest BCUT2D eigenvalue weighted by molar-refractivity contribution is 0.737. The van der Waals surface area contributed by atoms with Crippen LogP contribution in [0, 0.1) is 18.3 Å². The van der Waals surface area contributed by atoms with Crippen molar-refractivity contribution in [3.8, 4) is 17.2 Å². The highest BCUT2D eigenvalue weighted by Gasteiger charge is 2.14. The summed E-state index contributed by atoms with van der Waals surface area (Å²) in [4.78, 5) is 17.7. The van der Waals surface area contributed by atoms with Gasteiger partial charge in [-0.25, -0.2) is 4.98 Å². The normalized spacial score (nSPS) is 10.6. The van der Waals surface area contributed by atoms with Gasteiger partial charge in [0.15, 0.2) is 0 Å². The van der Waals surface area contributed by atoms with Gasteiger partial charge in [0.1, 0.15) is 17.2 Å². The summed E-state index contributed by atoms with van der Waals surface area (Å²) in [6.45, 7) is 1.78. The molecule has 3 aromatic rings. The molecule has 0 aliphatic heterocycles. The molecule has 2 aromatic heterocycles. The second kappa shape index (κ2) is 4.91. The Morgan fingerprint density at radius 1 is 1.35 bits per heavy atom. The first kappa shape index (κ1) is 12.6. The number of benzene rings is 1. The van der Waals surface area contributed by atoms with Crippen molar-refractivity contribution in [3.05, 3.63) is 51.9 Å². The average Bonchev–Trinajstić information content (AvgIpc) is 2.88. The lowest BCUT2D eigenvalue weighted by Gasteiger charge is -2.05. The van der Waals surface area contributed by atoms with E-state index >= 15 is 0 Å². The Bertz CT molecular complexity index is 872. The van der Waals surface area contributed by atoms with Crippen molar-refractivity contribution < 1.29 is 0 Å². The second-order valence-electron chi connectivity index (χ2n) is 4.40. The summed E-state index contributed by atoms with van der Waals surface area (Å²) in [5, 5.41) is 11.4. The smallest absolute Gasteiger partial charge is 0.263 e. The Morgan fingerprint density at radius 3 is 2.80 bits per heavy atom. The van der Waals surface area contributed by atoms with Crippen molar-refractivity contribution in [1.29, 1.82) is 5.26 Å². The van der Waals surface area contributed by atoms with Crippen LogP contribution in [0.2, 0.25) is 0 Å². The van der Waals surface area contributed by atoms with Crippen LogP contribution in [0.3, 0.4) is 0 Å². The van der Waals surface area contributed by atoms with Gasteiger partial charge in [0.05, 0.1) is 11.5 Å². The molecule has 3 rings (SSSR count). The van der Waals surface area contributed by atoms with E-state index < -0.39 is 0 Å². The van der Waals surface area contributed by atoms with Crippen LogP contribution in [0.15, 0.2) is 40.5 Å². The van der Waals surface area contributed by atoms with E-state index in [0.717, 1.165) is 16.0 Å². The van der Waals surface area contributed by atoms with Crippen LogP contribution >= 0.6 is 11.3 Å². The third kappa shape index (κ3) is 1.91. The Kier molecular flexibility index (Phi) is 3.09. The van der Waals surface area contributed by atoms with Gasteiger partial charge in [0.25, 0.3) is 5.56 Å². The summed E-state index contributed by atoms with van der Waals surface area (Å²) in [6, 6.07) is 11.8. The minimum Gasteiger partial charge on any atom is -0.282 e. The van der Waals surface area contributed by atoms with Crippen LogP contribution in [0.25, 0.3) is 21.3 Å². The van der Waals surface area contributed by atoms with Gasteiger partial charge in [-0.1, -0.05) is 30.3 Å². The highest BCUT2D eigenvalue weighted by Crippen LogP contribution is 2.30. The summed E-state index contributed by atoms with van der Waals surface area (Å²) in [5.41, 5.74) is 1.73. The molecule has 4 nitrogen and oxygen atoms in total. The van der Waals surface area contributed by atoms with Crippen LogP contribution in [0.5, 0.6) is 0 Å². The van der Waals surface area contributed by atoms with Crippen molar-refractivity contribution in [1.82, 2.24) is 9.55 Å². The third-order valence-corrected chi connectivity index (χ3v) is 4.07. The Morgan fingerprint density at radius 2 is 2.10 bits per heavy atom. The summed E-state index contributed by atoms with van der Waals surface area (Å²) < 4.78 is 1.42. The molecule has 0 N–H and O–H groups in total. The maximum absolute atomic E-state index is 12.6. The fraction of sp³-hybridized carbons (Fsp3) is 0.133. The lowest BCUT2D eigenvalue weighted by atomic mass is 10.1. The Balaban J connectivity index is 2.35. The summed E-state index contributed by atoms with van der Waals surface area (Å²) in [5.74, 6) is 0.575. The zero-order valence-corrected chi connectivity index (χ0v) is 11.6. The van der Waals surface area contributed by atoms with Crippen molar-refractivity contribution >= 4 is 21.6 Å². The molecule has 1 aromatic carbocycles. The highest BCUT2D eigenvalue weighted by atomic mass is 32.1. The fourth-order valence-electron chi connectivity index (χ4n) is 2.21. The van der Waals surface area contributed by atoms with Crippen LogP contribution in [-0.2, 0) is 6.54 Å². The molecule has 0 bridgehead atoms. The molecule has 0 saturated heterocycles. The van der Waals surface area contributed by atoms with Crippen LogP contribution < -0.4 is 5.56 Å². The van der Waals surface area contributed by atoms with Crippen LogP contribution in [0.1, 0.15) is 5.82 Å². The van der Waals surface area contributed by atoms with Gasteiger partial charge in [-0.05, 0) is 12.5 Å². The third-order valence-electron chi connectivity index (χ3n) is 3.20. The fourth-order valence-corrected chi connectivity index (χ4v) is 3.20. The number of thiophene rings is 1. The highest BCUT2D eigenvalue weighted by molar-refractivity contribution is 7.17. The molecule has 0 saturated carbocycles. The van der Waals surface area contributed by atoms with E-state index in [1.807, 2.05) is 41.8 Å². The number of aryl methyl sites for hydroxylation is 1. The van der Waals surface area contributed by atoms with E-state index in [4.69, 9.17) is 5.26 Å². The molecule has 20 heavy (non-hydrogen) atoms. The summed E-state index contributed by atoms with van der Waals surface area (Å²) >= 11 is 1.46. The average molecular weight is 281 g/mol. The number of rotatable bonds is 2. The molecular formula is C15H11N3OS. The molecule has 2 heterocycles. The standard InChI is InChI=1S/C15H11N3OS/c1-10-17-14-13(15(19)18(10)8-7-16)12(9-20-14)11-5-3-2-4-6-11/h2-6,9H,8H2,1H3. The van der Waals surface area contributed by atoms with Gasteiger partial charge >= 0.3 is 0 Å². The number of aromatic nitrogens is 2. The van der Waals surface area contributed by atoms with Gasteiger partial charge in [-0.15, -0.1) is 11.3 Å². The molecule has 0 aliphatic rings. The molecule has 98 valence electrons. The van der Waals surface area contributed by atoms with E-state index in [1.165, 1.54) is 15.9 Å². The number of hydrogen-bond donors (Lipinski definition) is 0. The van der Waals surface area contributed by atoms with Gasteiger partial charge in [-0.3, -0.25) is 9.36 Å². The maximum atomic E-state index is 12.6. The lowest BCUT2D eigenvalue weighted by Crippen LogP contribution is -2.23. The first-order valence-corrected chi connectivity index (χ1v) is 7.01. The van der Waals surface area contributed by atoms with E-state index in [2.05, 4.69) is 4.98 Å². The van der Waals surface area contributed by atoms with Gasteiger partial charge in [0, 0.05) is 10.9 Å². The van der Waals surface area contributed by atoms with Crippen LogP contribution in [-0.4, -0.2) is 9.55 Å². The Labute approximate surface area is 119 Å². The molecule has 0 unspecified atom stereocenters. The van der Waals surface area contributed by atoms with Gasteiger partial charge in [-0.2, -0.15) is 5.26 Å². The summed E-state index contributed by atoms with van der Waals surface area (Å²) in [7, 11) is 0. The predicted molar refractivity (Wildman–Crippen MR) is 79.7 cm³/mol. The quantitative estimate of drug-likeness (QED) is 0.725. The summed E-state index contributed by atoms with van der Waals surface area (Å²) in [6.07, 6.45) is 0. The second-order valence-corrected chi connectivity index (χ2v) is 5.26. The molecule has 0 fully saturated rings. The van der Waals surface area contributed by atoms with Crippen molar-refractivity contribution in [2.45, 2.75) is 13.5 Å². The zero-order valence-electron chi connectivity index (χ0n) is 10.8. The molecule has 5 heteroatoms. The minimum atomic E-state index is -0.144. The van der Waals surface area contributed by atoms with Crippen molar-refractivity contribution in [2.24, 2.45) is 0 Å². The Hall–Kier alpha value is -2.45. The zero-order chi connectivity index (χ0) is 14.1. The SMILES string of the molecule is Cc1nc2scc(-c3ccccc3)c2c(=O)n1CC#N. The van der Waals surface area contributed by atoms with Crippen LogP contribution in [0.4, 0.5) is 0 Å². The maximum Gasteiger partial charge on any atom is 0.263 e. The molecule has 0 spiro atoms. The predicted octanol–water partition coefficient (Wildman–Crippen LogP) is 2.96. The van der Waals surface area contributed by atoms with E-state index in [9.17, 15) is 4.79 Å². The first-order valence-electron chi connectivity index (χ1n) is 6.13. The topological polar surface area (TPSA) is 58.7 Å². The molecule has 0 radical (unpaired) electrons. The van der Waals surface area contributed by atoms with E-state index in [0.29, 0.717) is 11.2 Å². The minimum absolute atomic E-state index is 0.0255. The molecular weight excluding hydrogens is 270 g/mol. The number of nitrogens with zero attached hydrogens (tertiary/aromatic N) is 3. The number of fused-ring (bicyclic) bond motifs is 1. The van der Waals surface area contributed by atoms with Gasteiger partial charge < -0.3 is 0 Å². The molecule has 0 atom stereocenters. The van der Waals surface area contributed by atoms with Crippen molar-refractivity contribution in [2.75, 3.05) is 0 Å². The monoisotopic (exact) mass is 281 g/mol. The molecule has 0 amide bonds. The number of hydrogen-bond acceptors (Lipinski definition) is 4. The van der Waals surface area contributed by atoms with Crippen molar-refractivity contribution in [3.63, 3.8) is 0 Å². The van der Waals surface area contributed by atoms with E-state index in [-0.39, 0.29) is 12.1 Å². The largest absolute Gasteiger partial charge is 0.282 e. The van der Waals surface area contributed by atoms with Gasteiger partial charge in [0.2, 0.25) is 0 Å². The first-order chi connectivity index (χ1) is 9.72. The van der Waals surface area contributed by atoms with E-state index in [1.54, 1.807) is 6.92 Å². The molecule has 0 aliphatic carbocycles.